The Labute approximate surface area is 153 Å². The lowest BCUT2D eigenvalue weighted by molar-refractivity contribution is -0.143. The van der Waals surface area contributed by atoms with Crippen molar-refractivity contribution in [1.82, 2.24) is 15.2 Å². The van der Waals surface area contributed by atoms with Gasteiger partial charge in [-0.25, -0.2) is 9.78 Å². The number of likely N-dealkylation sites (tertiary alicyclic amines) is 1. The number of carbonyl (C=O) groups is 2. The third-order valence-corrected chi connectivity index (χ3v) is 5.16. The van der Waals surface area contributed by atoms with Gasteiger partial charge in [-0.15, -0.1) is 0 Å². The largest absolute Gasteiger partial charge is 0.481 e. The van der Waals surface area contributed by atoms with Crippen molar-refractivity contribution in [2.45, 2.75) is 51.7 Å². The van der Waals surface area contributed by atoms with Gasteiger partial charge in [-0.05, 0) is 44.1 Å². The van der Waals surface area contributed by atoms with E-state index in [0.29, 0.717) is 25.4 Å². The van der Waals surface area contributed by atoms with E-state index in [0.717, 1.165) is 18.4 Å². The highest BCUT2D eigenvalue weighted by atomic mass is 16.5. The van der Waals surface area contributed by atoms with Crippen LogP contribution in [0.5, 0.6) is 5.88 Å². The van der Waals surface area contributed by atoms with Crippen LogP contribution >= 0.6 is 0 Å². The van der Waals surface area contributed by atoms with Gasteiger partial charge in [0.2, 0.25) is 5.88 Å². The van der Waals surface area contributed by atoms with E-state index in [-0.39, 0.29) is 24.6 Å². The topological polar surface area (TPSA) is 91.8 Å². The summed E-state index contributed by atoms with van der Waals surface area (Å²) in [6, 6.07) is 3.49. The molecular weight excluding hydrogens is 334 g/mol. The number of piperidine rings is 1. The first-order valence-corrected chi connectivity index (χ1v) is 9.39. The van der Waals surface area contributed by atoms with Crippen LogP contribution in [0.1, 0.15) is 44.6 Å². The predicted octanol–water partition coefficient (Wildman–Crippen LogP) is 2.66. The zero-order valence-corrected chi connectivity index (χ0v) is 15.2. The first kappa shape index (κ1) is 18.5. The van der Waals surface area contributed by atoms with Crippen molar-refractivity contribution in [3.8, 4) is 5.88 Å². The molecule has 2 amide bonds. The van der Waals surface area contributed by atoms with Crippen LogP contribution in [0.15, 0.2) is 18.3 Å². The number of hydrogen-bond donors (Lipinski definition) is 2. The van der Waals surface area contributed by atoms with Crippen molar-refractivity contribution in [3.63, 3.8) is 0 Å². The molecule has 7 nitrogen and oxygen atoms in total. The van der Waals surface area contributed by atoms with E-state index in [1.807, 2.05) is 19.1 Å². The molecule has 2 fully saturated rings. The number of aliphatic carboxylic acids is 1. The van der Waals surface area contributed by atoms with Gasteiger partial charge in [0.15, 0.2) is 0 Å². The summed E-state index contributed by atoms with van der Waals surface area (Å²) in [5, 5.41) is 12.1. The normalized spacial score (nSPS) is 23.7. The molecule has 2 unspecified atom stereocenters. The second kappa shape index (κ2) is 8.38. The molecule has 7 heteroatoms. The van der Waals surface area contributed by atoms with Gasteiger partial charge in [0.05, 0.1) is 5.92 Å². The van der Waals surface area contributed by atoms with E-state index in [2.05, 4.69) is 10.3 Å². The van der Waals surface area contributed by atoms with Crippen LogP contribution in [-0.4, -0.2) is 46.2 Å². The van der Waals surface area contributed by atoms with Gasteiger partial charge in [0.1, 0.15) is 6.10 Å². The Balaban J connectivity index is 1.58. The summed E-state index contributed by atoms with van der Waals surface area (Å²) in [6.07, 6.45) is 6.97. The number of nitrogens with zero attached hydrogens (tertiary/aromatic N) is 2. The lowest BCUT2D eigenvalue weighted by Crippen LogP contribution is -2.49. The van der Waals surface area contributed by atoms with E-state index in [9.17, 15) is 14.7 Å². The van der Waals surface area contributed by atoms with Crippen LogP contribution in [-0.2, 0) is 11.3 Å². The van der Waals surface area contributed by atoms with Crippen LogP contribution in [0.3, 0.4) is 0 Å². The average molecular weight is 361 g/mol. The Hall–Kier alpha value is -2.31. The third kappa shape index (κ3) is 4.65. The molecule has 2 heterocycles. The number of urea groups is 1. The molecule has 1 saturated carbocycles. The van der Waals surface area contributed by atoms with Gasteiger partial charge in [0.25, 0.3) is 0 Å². The first-order valence-electron chi connectivity index (χ1n) is 9.39. The van der Waals surface area contributed by atoms with E-state index in [4.69, 9.17) is 4.74 Å². The summed E-state index contributed by atoms with van der Waals surface area (Å²) in [5.41, 5.74) is 0.840. The standard InChI is InChI=1S/C19H27N3O4/c1-13-9-15(18(23)24)12-22(11-13)19(25)21-10-14-5-4-8-20-17(14)26-16-6-2-3-7-16/h4-5,8,13,15-16H,2-3,6-7,9-12H2,1H3,(H,21,25)(H,23,24). The maximum Gasteiger partial charge on any atom is 0.317 e. The predicted molar refractivity (Wildman–Crippen MR) is 95.8 cm³/mol. The summed E-state index contributed by atoms with van der Waals surface area (Å²) in [6.45, 7) is 3.12. The number of hydrogen-bond acceptors (Lipinski definition) is 4. The summed E-state index contributed by atoms with van der Waals surface area (Å²) in [7, 11) is 0. The summed E-state index contributed by atoms with van der Waals surface area (Å²) < 4.78 is 6.00. The summed E-state index contributed by atoms with van der Waals surface area (Å²) >= 11 is 0. The molecule has 1 saturated heterocycles. The lowest BCUT2D eigenvalue weighted by atomic mass is 9.91. The quantitative estimate of drug-likeness (QED) is 0.841. The molecule has 1 aliphatic carbocycles. The summed E-state index contributed by atoms with van der Waals surface area (Å²) in [5.74, 6) is -0.580. The van der Waals surface area contributed by atoms with Crippen molar-refractivity contribution in [2.24, 2.45) is 11.8 Å². The minimum absolute atomic E-state index is 0.176. The Morgan fingerprint density at radius 3 is 2.85 bits per heavy atom. The number of amides is 2. The van der Waals surface area contributed by atoms with Crippen molar-refractivity contribution in [3.05, 3.63) is 23.9 Å². The van der Waals surface area contributed by atoms with Crippen LogP contribution in [0.2, 0.25) is 0 Å². The number of carbonyl (C=O) groups excluding carboxylic acids is 1. The molecule has 2 atom stereocenters. The van der Waals surface area contributed by atoms with Crippen LogP contribution < -0.4 is 10.1 Å². The molecule has 1 aromatic heterocycles. The fourth-order valence-electron chi connectivity index (χ4n) is 3.81. The van der Waals surface area contributed by atoms with E-state index in [1.54, 1.807) is 11.1 Å². The highest BCUT2D eigenvalue weighted by Gasteiger charge is 2.31. The molecule has 2 N–H and O–H groups in total. The van der Waals surface area contributed by atoms with E-state index < -0.39 is 11.9 Å². The average Bonchev–Trinajstić information content (AvgIpc) is 3.13. The second-order valence-electron chi connectivity index (χ2n) is 7.43. The fraction of sp³-hybridized carbons (Fsp3) is 0.632. The number of rotatable bonds is 5. The van der Waals surface area contributed by atoms with Crippen molar-refractivity contribution in [2.75, 3.05) is 13.1 Å². The molecule has 0 radical (unpaired) electrons. The number of nitrogens with one attached hydrogen (secondary N) is 1. The lowest BCUT2D eigenvalue weighted by Gasteiger charge is -2.34. The monoisotopic (exact) mass is 361 g/mol. The SMILES string of the molecule is CC1CC(C(=O)O)CN(C(=O)NCc2cccnc2OC2CCCC2)C1. The molecule has 0 spiro atoms. The highest BCUT2D eigenvalue weighted by molar-refractivity contribution is 5.76. The smallest absolute Gasteiger partial charge is 0.317 e. The minimum atomic E-state index is -0.839. The molecule has 26 heavy (non-hydrogen) atoms. The Morgan fingerprint density at radius 2 is 2.12 bits per heavy atom. The molecule has 3 rings (SSSR count). The minimum Gasteiger partial charge on any atom is -0.481 e. The van der Waals surface area contributed by atoms with E-state index >= 15 is 0 Å². The second-order valence-corrected chi connectivity index (χ2v) is 7.43. The summed E-state index contributed by atoms with van der Waals surface area (Å²) in [4.78, 5) is 29.7. The zero-order chi connectivity index (χ0) is 18.5. The van der Waals surface area contributed by atoms with Gasteiger partial charge >= 0.3 is 12.0 Å². The highest BCUT2D eigenvalue weighted by Crippen LogP contribution is 2.25. The van der Waals surface area contributed by atoms with Crippen LogP contribution in [0.25, 0.3) is 0 Å². The van der Waals surface area contributed by atoms with Gasteiger partial charge in [0, 0.05) is 31.4 Å². The number of aromatic nitrogens is 1. The van der Waals surface area contributed by atoms with Crippen LogP contribution in [0.4, 0.5) is 4.79 Å². The molecular formula is C19H27N3O4. The molecule has 0 bridgehead atoms. The van der Waals surface area contributed by atoms with Crippen molar-refractivity contribution >= 4 is 12.0 Å². The molecule has 2 aliphatic rings. The maximum atomic E-state index is 12.5. The van der Waals surface area contributed by atoms with E-state index in [1.165, 1.54) is 12.8 Å². The van der Waals surface area contributed by atoms with Gasteiger partial charge < -0.3 is 20.1 Å². The molecule has 1 aromatic rings. The van der Waals surface area contributed by atoms with Crippen molar-refractivity contribution in [1.29, 1.82) is 0 Å². The zero-order valence-electron chi connectivity index (χ0n) is 15.2. The van der Waals surface area contributed by atoms with Crippen molar-refractivity contribution < 1.29 is 19.4 Å². The molecule has 0 aromatic carbocycles. The Morgan fingerprint density at radius 1 is 1.35 bits per heavy atom. The Bertz CT molecular complexity index is 645. The third-order valence-electron chi connectivity index (χ3n) is 5.16. The Kier molecular flexibility index (Phi) is 5.96. The number of carboxylic acids is 1. The van der Waals surface area contributed by atoms with Gasteiger partial charge in [-0.2, -0.15) is 0 Å². The fourth-order valence-corrected chi connectivity index (χ4v) is 3.81. The van der Waals surface area contributed by atoms with Crippen LogP contribution in [0, 0.1) is 11.8 Å². The number of ether oxygens (including phenoxy) is 1. The molecule has 1 aliphatic heterocycles. The van der Waals surface area contributed by atoms with Gasteiger partial charge in [-0.1, -0.05) is 13.0 Å². The maximum absolute atomic E-state index is 12.5. The molecule has 142 valence electrons. The number of carboxylic acid groups (broad SMARTS) is 1. The number of pyridine rings is 1. The first-order chi connectivity index (χ1) is 12.5. The van der Waals surface area contributed by atoms with Gasteiger partial charge in [-0.3, -0.25) is 4.79 Å².